The van der Waals surface area contributed by atoms with Crippen molar-refractivity contribution in [3.05, 3.63) is 39.9 Å². The number of nitro groups is 1. The summed E-state index contributed by atoms with van der Waals surface area (Å²) in [5.41, 5.74) is 5.69. The molecule has 7 heteroatoms. The summed E-state index contributed by atoms with van der Waals surface area (Å²) in [6.45, 7) is 0. The molecule has 0 spiro atoms. The lowest BCUT2D eigenvalue weighted by Crippen LogP contribution is -2.44. The minimum atomic E-state index is -0.518. The number of carbonyl (C=O) groups excluding carboxylic acids is 2. The summed E-state index contributed by atoms with van der Waals surface area (Å²) in [4.78, 5) is 33.9. The molecular formula is C15H19N3O4. The standard InChI is InChI=1S/C15H19N3O4/c16-14(19)12-4-2-1-3-5-13(12)17-15(20)10-6-8-11(9-7-10)18(21)22/h6-9,12-13H,1-5H2,(H2,16,19)(H,17,20). The zero-order chi connectivity index (χ0) is 16.1. The maximum absolute atomic E-state index is 12.2. The summed E-state index contributed by atoms with van der Waals surface area (Å²) in [5.74, 6) is -1.09. The molecule has 118 valence electrons. The van der Waals surface area contributed by atoms with Crippen LogP contribution in [0.1, 0.15) is 42.5 Å². The van der Waals surface area contributed by atoms with E-state index in [9.17, 15) is 19.7 Å². The number of rotatable bonds is 4. The van der Waals surface area contributed by atoms with Gasteiger partial charge in [0.2, 0.25) is 5.91 Å². The molecule has 1 saturated carbocycles. The third-order valence-corrected chi connectivity index (χ3v) is 4.04. The topological polar surface area (TPSA) is 115 Å². The minimum absolute atomic E-state index is 0.0685. The van der Waals surface area contributed by atoms with Gasteiger partial charge in [-0.15, -0.1) is 0 Å². The molecule has 0 aromatic heterocycles. The first kappa shape index (κ1) is 15.9. The number of hydrogen-bond acceptors (Lipinski definition) is 4. The maximum atomic E-state index is 12.2. The van der Waals surface area contributed by atoms with Gasteiger partial charge >= 0.3 is 0 Å². The Morgan fingerprint density at radius 1 is 1.14 bits per heavy atom. The lowest BCUT2D eigenvalue weighted by molar-refractivity contribution is -0.384. The number of hydrogen-bond donors (Lipinski definition) is 2. The van der Waals surface area contributed by atoms with Crippen molar-refractivity contribution in [2.45, 2.75) is 38.1 Å². The molecule has 1 aromatic rings. The molecular weight excluding hydrogens is 286 g/mol. The maximum Gasteiger partial charge on any atom is 0.269 e. The van der Waals surface area contributed by atoms with Crippen molar-refractivity contribution in [3.63, 3.8) is 0 Å². The molecule has 2 atom stereocenters. The Bertz CT molecular complexity index is 571. The van der Waals surface area contributed by atoms with Crippen molar-refractivity contribution >= 4 is 17.5 Å². The Labute approximate surface area is 128 Å². The van der Waals surface area contributed by atoms with Crippen LogP contribution in [0.3, 0.4) is 0 Å². The van der Waals surface area contributed by atoms with Gasteiger partial charge in [-0.05, 0) is 25.0 Å². The number of nitrogens with one attached hydrogen (secondary N) is 1. The van der Waals surface area contributed by atoms with Crippen LogP contribution in [-0.4, -0.2) is 22.8 Å². The minimum Gasteiger partial charge on any atom is -0.369 e. The molecule has 22 heavy (non-hydrogen) atoms. The fourth-order valence-corrected chi connectivity index (χ4v) is 2.81. The van der Waals surface area contributed by atoms with E-state index in [1.807, 2.05) is 0 Å². The van der Waals surface area contributed by atoms with Crippen LogP contribution in [0.4, 0.5) is 5.69 Å². The fraction of sp³-hybridized carbons (Fsp3) is 0.467. The van der Waals surface area contributed by atoms with Gasteiger partial charge in [-0.25, -0.2) is 0 Å². The van der Waals surface area contributed by atoms with Gasteiger partial charge in [-0.3, -0.25) is 19.7 Å². The smallest absolute Gasteiger partial charge is 0.269 e. The molecule has 2 rings (SSSR count). The van der Waals surface area contributed by atoms with Crippen LogP contribution in [0.25, 0.3) is 0 Å². The quantitative estimate of drug-likeness (QED) is 0.501. The number of nitrogens with two attached hydrogens (primary N) is 1. The van der Waals surface area contributed by atoms with Crippen LogP contribution in [0.2, 0.25) is 0 Å². The second-order valence-corrected chi connectivity index (χ2v) is 5.53. The van der Waals surface area contributed by atoms with Crippen LogP contribution >= 0.6 is 0 Å². The molecule has 2 amide bonds. The molecule has 0 heterocycles. The molecule has 1 fully saturated rings. The van der Waals surface area contributed by atoms with Crippen molar-refractivity contribution in [2.75, 3.05) is 0 Å². The number of nitro benzene ring substituents is 1. The van der Waals surface area contributed by atoms with E-state index in [2.05, 4.69) is 5.32 Å². The zero-order valence-electron chi connectivity index (χ0n) is 12.2. The molecule has 0 radical (unpaired) electrons. The van der Waals surface area contributed by atoms with E-state index in [0.717, 1.165) is 19.3 Å². The van der Waals surface area contributed by atoms with Gasteiger partial charge < -0.3 is 11.1 Å². The lowest BCUT2D eigenvalue weighted by atomic mass is 9.94. The molecule has 3 N–H and O–H groups in total. The van der Waals surface area contributed by atoms with Gasteiger partial charge in [-0.2, -0.15) is 0 Å². The van der Waals surface area contributed by atoms with Crippen molar-refractivity contribution in [1.29, 1.82) is 0 Å². The highest BCUT2D eigenvalue weighted by Gasteiger charge is 2.29. The molecule has 0 aliphatic heterocycles. The van der Waals surface area contributed by atoms with Gasteiger partial charge in [0.05, 0.1) is 10.8 Å². The van der Waals surface area contributed by atoms with Gasteiger partial charge in [0.1, 0.15) is 0 Å². The Balaban J connectivity index is 2.08. The predicted molar refractivity (Wildman–Crippen MR) is 80.1 cm³/mol. The first-order valence-corrected chi connectivity index (χ1v) is 7.33. The predicted octanol–water partition coefficient (Wildman–Crippen LogP) is 1.76. The van der Waals surface area contributed by atoms with E-state index >= 15 is 0 Å². The first-order valence-electron chi connectivity index (χ1n) is 7.33. The number of amides is 2. The molecule has 0 bridgehead atoms. The van der Waals surface area contributed by atoms with Crippen LogP contribution in [0, 0.1) is 16.0 Å². The number of carbonyl (C=O) groups is 2. The Kier molecular flexibility index (Phi) is 5.08. The SMILES string of the molecule is NC(=O)C1CCCCCC1NC(=O)c1ccc([N+](=O)[O-])cc1. The molecule has 0 saturated heterocycles. The Morgan fingerprint density at radius 2 is 1.77 bits per heavy atom. The highest BCUT2D eigenvalue weighted by Crippen LogP contribution is 2.24. The van der Waals surface area contributed by atoms with Crippen LogP contribution in [0.5, 0.6) is 0 Å². The van der Waals surface area contributed by atoms with Crippen LogP contribution in [-0.2, 0) is 4.79 Å². The number of nitrogens with zero attached hydrogens (tertiary/aromatic N) is 1. The van der Waals surface area contributed by atoms with Gasteiger partial charge in [0, 0.05) is 23.7 Å². The van der Waals surface area contributed by atoms with Crippen molar-refractivity contribution in [1.82, 2.24) is 5.32 Å². The van der Waals surface area contributed by atoms with E-state index < -0.39 is 10.8 Å². The number of benzene rings is 1. The van der Waals surface area contributed by atoms with Crippen LogP contribution < -0.4 is 11.1 Å². The fourth-order valence-electron chi connectivity index (χ4n) is 2.81. The summed E-state index contributed by atoms with van der Waals surface area (Å²) in [7, 11) is 0. The zero-order valence-corrected chi connectivity index (χ0v) is 12.2. The van der Waals surface area contributed by atoms with E-state index in [4.69, 9.17) is 5.73 Å². The van der Waals surface area contributed by atoms with E-state index in [1.165, 1.54) is 24.3 Å². The molecule has 2 unspecified atom stereocenters. The van der Waals surface area contributed by atoms with Gasteiger partial charge in [0.25, 0.3) is 11.6 Å². The monoisotopic (exact) mass is 305 g/mol. The third kappa shape index (κ3) is 3.81. The molecule has 1 aliphatic rings. The average molecular weight is 305 g/mol. The summed E-state index contributed by atoms with van der Waals surface area (Å²) >= 11 is 0. The lowest BCUT2D eigenvalue weighted by Gasteiger charge is -2.23. The van der Waals surface area contributed by atoms with Crippen molar-refractivity contribution < 1.29 is 14.5 Å². The average Bonchev–Trinajstić information content (AvgIpc) is 2.72. The molecule has 1 aromatic carbocycles. The first-order chi connectivity index (χ1) is 10.5. The van der Waals surface area contributed by atoms with Gasteiger partial charge in [-0.1, -0.05) is 19.3 Å². The molecule has 7 nitrogen and oxygen atoms in total. The summed E-state index contributed by atoms with van der Waals surface area (Å²) < 4.78 is 0. The summed E-state index contributed by atoms with van der Waals surface area (Å²) in [5, 5.41) is 13.5. The van der Waals surface area contributed by atoms with E-state index in [1.54, 1.807) is 0 Å². The summed E-state index contributed by atoms with van der Waals surface area (Å²) in [6, 6.07) is 5.11. The highest BCUT2D eigenvalue weighted by atomic mass is 16.6. The van der Waals surface area contributed by atoms with E-state index in [0.29, 0.717) is 18.4 Å². The number of primary amides is 1. The molecule has 1 aliphatic carbocycles. The highest BCUT2D eigenvalue weighted by molar-refractivity contribution is 5.95. The van der Waals surface area contributed by atoms with E-state index in [-0.39, 0.29) is 23.6 Å². The second kappa shape index (κ2) is 7.02. The van der Waals surface area contributed by atoms with Crippen LogP contribution in [0.15, 0.2) is 24.3 Å². The van der Waals surface area contributed by atoms with Gasteiger partial charge in [0.15, 0.2) is 0 Å². The third-order valence-electron chi connectivity index (χ3n) is 4.04. The van der Waals surface area contributed by atoms with Crippen molar-refractivity contribution in [3.8, 4) is 0 Å². The van der Waals surface area contributed by atoms with Crippen molar-refractivity contribution in [2.24, 2.45) is 11.7 Å². The largest absolute Gasteiger partial charge is 0.369 e. The normalized spacial score (nSPS) is 21.6. The second-order valence-electron chi connectivity index (χ2n) is 5.53. The Hall–Kier alpha value is -2.44. The number of non-ortho nitro benzene ring substituents is 1. The Morgan fingerprint density at radius 3 is 2.36 bits per heavy atom. The summed E-state index contributed by atoms with van der Waals surface area (Å²) in [6.07, 6.45) is 4.28.